The van der Waals surface area contributed by atoms with Crippen LogP contribution in [0.3, 0.4) is 0 Å². The molecule has 2 aromatic rings. The van der Waals surface area contributed by atoms with Crippen LogP contribution in [0, 0.1) is 11.7 Å². The van der Waals surface area contributed by atoms with E-state index in [-0.39, 0.29) is 23.7 Å². The van der Waals surface area contributed by atoms with E-state index in [1.54, 1.807) is 19.2 Å². The lowest BCUT2D eigenvalue weighted by Gasteiger charge is -2.34. The Labute approximate surface area is 183 Å². The fourth-order valence-electron chi connectivity index (χ4n) is 4.80. The van der Waals surface area contributed by atoms with Gasteiger partial charge < -0.3 is 10.1 Å². The Hall–Kier alpha value is -2.25. The number of ether oxygens (including phenoxy) is 1. The molecule has 1 aliphatic carbocycles. The molecule has 0 radical (unpaired) electrons. The minimum Gasteiger partial charge on any atom is -0.381 e. The van der Waals surface area contributed by atoms with Crippen LogP contribution >= 0.6 is 0 Å². The summed E-state index contributed by atoms with van der Waals surface area (Å²) in [5.41, 5.74) is 2.27. The second-order valence-electron chi connectivity index (χ2n) is 8.89. The van der Waals surface area contributed by atoms with Crippen molar-refractivity contribution in [2.75, 3.05) is 20.2 Å². The van der Waals surface area contributed by atoms with Crippen molar-refractivity contribution in [1.29, 1.82) is 0 Å². The third-order valence-electron chi connectivity index (χ3n) is 6.82. The fourth-order valence-corrected chi connectivity index (χ4v) is 4.80. The number of carbonyl (C=O) groups excluding carboxylic acids is 1. The number of methoxy groups -OCH3 is 1. The standard InChI is InChI=1S/C24H33FN4O2/c1-28-19(15-23(27-28)21-5-3-4-6-22(21)25)16-29-13-11-18(12-14-29)26-24(30)17-7-9-20(31-2)10-8-17/h3-6,15,17-18,20H,7-14,16H2,1-2H3,(H,26,30). The minimum absolute atomic E-state index is 0.135. The van der Waals surface area contributed by atoms with Crippen LogP contribution in [0.2, 0.25) is 0 Å². The van der Waals surface area contributed by atoms with E-state index in [0.717, 1.165) is 63.9 Å². The van der Waals surface area contributed by atoms with Crippen LogP contribution in [0.1, 0.15) is 44.2 Å². The largest absolute Gasteiger partial charge is 0.381 e. The quantitative estimate of drug-likeness (QED) is 0.765. The van der Waals surface area contributed by atoms with Crippen molar-refractivity contribution < 1.29 is 13.9 Å². The predicted molar refractivity (Wildman–Crippen MR) is 118 cm³/mol. The summed E-state index contributed by atoms with van der Waals surface area (Å²) in [7, 11) is 3.66. The number of aromatic nitrogens is 2. The van der Waals surface area contributed by atoms with Gasteiger partial charge in [-0.1, -0.05) is 12.1 Å². The first-order chi connectivity index (χ1) is 15.0. The lowest BCUT2D eigenvalue weighted by molar-refractivity contribution is -0.127. The highest BCUT2D eigenvalue weighted by atomic mass is 19.1. The number of piperidine rings is 1. The van der Waals surface area contributed by atoms with E-state index < -0.39 is 0 Å². The zero-order chi connectivity index (χ0) is 21.8. The third kappa shape index (κ3) is 5.33. The van der Waals surface area contributed by atoms with E-state index in [2.05, 4.69) is 15.3 Å². The lowest BCUT2D eigenvalue weighted by Crippen LogP contribution is -2.46. The lowest BCUT2D eigenvalue weighted by atomic mass is 9.86. The molecule has 31 heavy (non-hydrogen) atoms. The maximum atomic E-state index is 14.1. The smallest absolute Gasteiger partial charge is 0.223 e. The number of carbonyl (C=O) groups is 1. The van der Waals surface area contributed by atoms with Gasteiger partial charge in [0.2, 0.25) is 5.91 Å². The molecule has 6 nitrogen and oxygen atoms in total. The zero-order valence-corrected chi connectivity index (χ0v) is 18.5. The molecule has 1 aromatic heterocycles. The van der Waals surface area contributed by atoms with Crippen molar-refractivity contribution in [2.24, 2.45) is 13.0 Å². The van der Waals surface area contributed by atoms with Gasteiger partial charge in [0, 0.05) is 51.3 Å². The van der Waals surface area contributed by atoms with Gasteiger partial charge in [0.1, 0.15) is 5.82 Å². The summed E-state index contributed by atoms with van der Waals surface area (Å²) in [6.07, 6.45) is 6.04. The van der Waals surface area contributed by atoms with Crippen LogP contribution in [0.4, 0.5) is 4.39 Å². The Balaban J connectivity index is 1.26. The van der Waals surface area contributed by atoms with Crippen LogP contribution in [0.25, 0.3) is 11.3 Å². The van der Waals surface area contributed by atoms with Crippen molar-refractivity contribution in [2.45, 2.75) is 57.2 Å². The van der Waals surface area contributed by atoms with Gasteiger partial charge in [-0.3, -0.25) is 14.4 Å². The van der Waals surface area contributed by atoms with Crippen LogP contribution in [-0.4, -0.2) is 52.9 Å². The molecule has 1 amide bonds. The summed E-state index contributed by atoms with van der Waals surface area (Å²) >= 11 is 0. The second-order valence-corrected chi connectivity index (χ2v) is 8.89. The monoisotopic (exact) mass is 428 g/mol. The molecule has 0 atom stereocenters. The molecule has 1 saturated carbocycles. The Morgan fingerprint density at radius 2 is 1.87 bits per heavy atom. The molecular formula is C24H33FN4O2. The van der Waals surface area contributed by atoms with Gasteiger partial charge in [-0.25, -0.2) is 4.39 Å². The van der Waals surface area contributed by atoms with Crippen molar-refractivity contribution in [3.63, 3.8) is 0 Å². The molecule has 1 saturated heterocycles. The van der Waals surface area contributed by atoms with E-state index in [4.69, 9.17) is 4.74 Å². The number of hydrogen-bond acceptors (Lipinski definition) is 4. The maximum absolute atomic E-state index is 14.1. The predicted octanol–water partition coefficient (Wildman–Crippen LogP) is 3.51. The third-order valence-corrected chi connectivity index (χ3v) is 6.82. The fraction of sp³-hybridized carbons (Fsp3) is 0.583. The molecule has 1 aliphatic heterocycles. The number of aryl methyl sites for hydroxylation is 1. The molecule has 1 N–H and O–H groups in total. The summed E-state index contributed by atoms with van der Waals surface area (Å²) in [5, 5.41) is 7.79. The highest BCUT2D eigenvalue weighted by molar-refractivity contribution is 5.79. The number of rotatable bonds is 6. The Kier molecular flexibility index (Phi) is 7.02. The topological polar surface area (TPSA) is 59.4 Å². The first-order valence-corrected chi connectivity index (χ1v) is 11.4. The average molecular weight is 429 g/mol. The maximum Gasteiger partial charge on any atom is 0.223 e. The molecule has 0 unspecified atom stereocenters. The molecule has 0 spiro atoms. The van der Waals surface area contributed by atoms with Gasteiger partial charge in [0.05, 0.1) is 17.5 Å². The van der Waals surface area contributed by atoms with Crippen LogP contribution < -0.4 is 5.32 Å². The minimum atomic E-state index is -0.251. The van der Waals surface area contributed by atoms with Gasteiger partial charge in [0.25, 0.3) is 0 Å². The normalized spacial score (nSPS) is 23.1. The summed E-state index contributed by atoms with van der Waals surface area (Å²) in [6.45, 7) is 2.64. The SMILES string of the molecule is COC1CCC(C(=O)NC2CCN(Cc3cc(-c4ccccc4F)nn3C)CC2)CC1. The van der Waals surface area contributed by atoms with Crippen molar-refractivity contribution in [3.8, 4) is 11.3 Å². The first kappa shape index (κ1) is 22.0. The number of amides is 1. The average Bonchev–Trinajstić information content (AvgIpc) is 3.15. The summed E-state index contributed by atoms with van der Waals surface area (Å²) < 4.78 is 21.3. The van der Waals surface area contributed by atoms with Crippen molar-refractivity contribution in [3.05, 3.63) is 41.8 Å². The van der Waals surface area contributed by atoms with Gasteiger partial charge >= 0.3 is 0 Å². The number of benzene rings is 1. The van der Waals surface area contributed by atoms with E-state index in [9.17, 15) is 9.18 Å². The highest BCUT2D eigenvalue weighted by Gasteiger charge is 2.29. The molecule has 2 aliphatic rings. The van der Waals surface area contributed by atoms with Crippen LogP contribution in [0.15, 0.2) is 30.3 Å². The van der Waals surface area contributed by atoms with Crippen molar-refractivity contribution >= 4 is 5.91 Å². The summed E-state index contributed by atoms with van der Waals surface area (Å²) in [4.78, 5) is 15.0. The molecule has 2 fully saturated rings. The van der Waals surface area contributed by atoms with Gasteiger partial charge in [0.15, 0.2) is 0 Å². The molecule has 168 valence electrons. The zero-order valence-electron chi connectivity index (χ0n) is 18.5. The van der Waals surface area contributed by atoms with E-state index >= 15 is 0 Å². The van der Waals surface area contributed by atoms with Gasteiger partial charge in [-0.2, -0.15) is 5.10 Å². The Morgan fingerprint density at radius 1 is 1.16 bits per heavy atom. The second kappa shape index (κ2) is 9.92. The molecule has 1 aromatic carbocycles. The van der Waals surface area contributed by atoms with E-state index in [1.807, 2.05) is 23.9 Å². The molecular weight excluding hydrogens is 395 g/mol. The van der Waals surface area contributed by atoms with E-state index in [1.165, 1.54) is 6.07 Å². The summed E-state index contributed by atoms with van der Waals surface area (Å²) in [6, 6.07) is 8.97. The number of nitrogens with zero attached hydrogens (tertiary/aromatic N) is 3. The number of halogens is 1. The molecule has 0 bridgehead atoms. The Bertz CT molecular complexity index is 883. The van der Waals surface area contributed by atoms with Crippen LogP contribution in [-0.2, 0) is 23.1 Å². The number of hydrogen-bond donors (Lipinski definition) is 1. The van der Waals surface area contributed by atoms with Crippen molar-refractivity contribution in [1.82, 2.24) is 20.0 Å². The molecule has 2 heterocycles. The first-order valence-electron chi connectivity index (χ1n) is 11.4. The van der Waals surface area contributed by atoms with E-state index in [0.29, 0.717) is 17.4 Å². The van der Waals surface area contributed by atoms with Gasteiger partial charge in [-0.05, 0) is 56.7 Å². The number of nitrogens with one attached hydrogen (secondary N) is 1. The van der Waals surface area contributed by atoms with Crippen LogP contribution in [0.5, 0.6) is 0 Å². The molecule has 4 rings (SSSR count). The number of likely N-dealkylation sites (tertiary alicyclic amines) is 1. The molecule has 7 heteroatoms. The van der Waals surface area contributed by atoms with Gasteiger partial charge in [-0.15, -0.1) is 0 Å². The Morgan fingerprint density at radius 3 is 2.55 bits per heavy atom. The summed E-state index contributed by atoms with van der Waals surface area (Å²) in [5.74, 6) is 0.101. The highest BCUT2D eigenvalue weighted by Crippen LogP contribution is 2.27.